The number of aryl methyl sites for hydroxylation is 1. The predicted molar refractivity (Wildman–Crippen MR) is 89.0 cm³/mol. The van der Waals surface area contributed by atoms with Crippen molar-refractivity contribution in [2.75, 3.05) is 0 Å². The minimum Gasteiger partial charge on any atom is -0.508 e. The SMILES string of the molecule is CCCCCCCCCc1ccc(O)cc1.N.O=S(=O)(O)O. The molecule has 1 aromatic rings. The Balaban J connectivity index is 0. The summed E-state index contributed by atoms with van der Waals surface area (Å²) in [6, 6.07) is 7.59. The average molecular weight is 335 g/mol. The Morgan fingerprint density at radius 3 is 1.73 bits per heavy atom. The van der Waals surface area contributed by atoms with Crippen molar-refractivity contribution < 1.29 is 22.6 Å². The van der Waals surface area contributed by atoms with Crippen LogP contribution in [0.4, 0.5) is 0 Å². The van der Waals surface area contributed by atoms with Gasteiger partial charge in [-0.15, -0.1) is 0 Å². The fourth-order valence-electron chi connectivity index (χ4n) is 1.95. The molecular formula is C15H29NO5S. The molecular weight excluding hydrogens is 306 g/mol. The van der Waals surface area contributed by atoms with Crippen molar-refractivity contribution in [3.63, 3.8) is 0 Å². The third-order valence-corrected chi connectivity index (χ3v) is 3.01. The van der Waals surface area contributed by atoms with Crippen molar-refractivity contribution in [3.05, 3.63) is 29.8 Å². The molecule has 22 heavy (non-hydrogen) atoms. The van der Waals surface area contributed by atoms with Gasteiger partial charge in [0, 0.05) is 0 Å². The molecule has 0 heterocycles. The first-order chi connectivity index (χ1) is 9.83. The zero-order chi connectivity index (χ0) is 16.1. The van der Waals surface area contributed by atoms with Crippen LogP contribution in [0, 0.1) is 0 Å². The molecule has 0 spiro atoms. The van der Waals surface area contributed by atoms with Crippen LogP contribution in [0.5, 0.6) is 5.75 Å². The second-order valence-corrected chi connectivity index (χ2v) is 5.88. The summed E-state index contributed by atoms with van der Waals surface area (Å²) in [6.07, 6.45) is 10.6. The molecule has 0 saturated heterocycles. The number of phenols is 1. The normalized spacial score (nSPS) is 10.3. The predicted octanol–water partition coefficient (Wildman–Crippen LogP) is 4.19. The molecule has 6 N–H and O–H groups in total. The van der Waals surface area contributed by atoms with Gasteiger partial charge in [0.05, 0.1) is 0 Å². The van der Waals surface area contributed by atoms with E-state index in [9.17, 15) is 0 Å². The molecule has 0 unspecified atom stereocenters. The van der Waals surface area contributed by atoms with Crippen LogP contribution in [-0.2, 0) is 16.8 Å². The maximum absolute atomic E-state index is 9.15. The zero-order valence-corrected chi connectivity index (χ0v) is 14.1. The van der Waals surface area contributed by atoms with E-state index in [-0.39, 0.29) is 6.15 Å². The molecule has 0 saturated carbocycles. The van der Waals surface area contributed by atoms with Gasteiger partial charge in [-0.2, -0.15) is 8.42 Å². The average Bonchev–Trinajstić information content (AvgIpc) is 2.38. The lowest BCUT2D eigenvalue weighted by atomic mass is 10.0. The molecule has 0 atom stereocenters. The number of phenolic OH excluding ortho intramolecular Hbond substituents is 1. The van der Waals surface area contributed by atoms with E-state index in [2.05, 4.69) is 6.92 Å². The second kappa shape index (κ2) is 13.5. The van der Waals surface area contributed by atoms with Gasteiger partial charge in [0.2, 0.25) is 0 Å². The molecule has 130 valence electrons. The Hall–Kier alpha value is -1.15. The Kier molecular flexibility index (Phi) is 14.2. The van der Waals surface area contributed by atoms with E-state index in [1.807, 2.05) is 12.1 Å². The molecule has 0 aliphatic heterocycles. The van der Waals surface area contributed by atoms with Crippen molar-refractivity contribution in [3.8, 4) is 5.75 Å². The lowest BCUT2D eigenvalue weighted by molar-refractivity contribution is 0.381. The molecule has 6 nitrogen and oxygen atoms in total. The number of hydrogen-bond donors (Lipinski definition) is 4. The first kappa shape index (κ1) is 23.1. The molecule has 1 rings (SSSR count). The van der Waals surface area contributed by atoms with Gasteiger partial charge in [-0.1, -0.05) is 57.6 Å². The van der Waals surface area contributed by atoms with Crippen LogP contribution < -0.4 is 6.15 Å². The van der Waals surface area contributed by atoms with E-state index in [4.69, 9.17) is 22.6 Å². The van der Waals surface area contributed by atoms with E-state index < -0.39 is 10.4 Å². The number of rotatable bonds is 8. The van der Waals surface area contributed by atoms with Crippen LogP contribution in [0.3, 0.4) is 0 Å². The van der Waals surface area contributed by atoms with Crippen LogP contribution in [0.2, 0.25) is 0 Å². The van der Waals surface area contributed by atoms with Gasteiger partial charge in [-0.05, 0) is 30.5 Å². The van der Waals surface area contributed by atoms with E-state index in [1.54, 1.807) is 12.1 Å². The van der Waals surface area contributed by atoms with Crippen LogP contribution >= 0.6 is 0 Å². The van der Waals surface area contributed by atoms with Crippen LogP contribution in [-0.4, -0.2) is 22.6 Å². The molecule has 0 fully saturated rings. The van der Waals surface area contributed by atoms with E-state index in [1.165, 1.54) is 50.5 Å². The second-order valence-electron chi connectivity index (χ2n) is 4.99. The smallest absolute Gasteiger partial charge is 0.394 e. The summed E-state index contributed by atoms with van der Waals surface area (Å²) in [5, 5.41) is 9.15. The minimum absolute atomic E-state index is 0. The Morgan fingerprint density at radius 2 is 1.27 bits per heavy atom. The summed E-state index contributed by atoms with van der Waals surface area (Å²) >= 11 is 0. The van der Waals surface area contributed by atoms with E-state index in [0.29, 0.717) is 5.75 Å². The highest BCUT2D eigenvalue weighted by Crippen LogP contribution is 2.13. The Morgan fingerprint density at radius 1 is 0.864 bits per heavy atom. The van der Waals surface area contributed by atoms with Crippen molar-refractivity contribution >= 4 is 10.4 Å². The first-order valence-corrected chi connectivity index (χ1v) is 8.70. The molecule has 7 heteroatoms. The third-order valence-electron chi connectivity index (χ3n) is 3.01. The zero-order valence-electron chi connectivity index (χ0n) is 13.2. The summed E-state index contributed by atoms with van der Waals surface area (Å²) < 4.78 is 31.6. The number of aromatic hydroxyl groups is 1. The summed E-state index contributed by atoms with van der Waals surface area (Å²) in [5.74, 6) is 0.364. The lowest BCUT2D eigenvalue weighted by Crippen LogP contribution is -1.89. The fourth-order valence-corrected chi connectivity index (χ4v) is 1.95. The highest BCUT2D eigenvalue weighted by Gasteiger charge is 1.94. The summed E-state index contributed by atoms with van der Waals surface area (Å²) in [6.45, 7) is 2.25. The highest BCUT2D eigenvalue weighted by atomic mass is 32.3. The van der Waals surface area contributed by atoms with Crippen molar-refractivity contribution in [1.29, 1.82) is 0 Å². The molecule has 0 radical (unpaired) electrons. The number of hydrogen-bond acceptors (Lipinski definition) is 4. The molecule has 0 aromatic heterocycles. The highest BCUT2D eigenvalue weighted by molar-refractivity contribution is 7.79. The summed E-state index contributed by atoms with van der Waals surface area (Å²) in [4.78, 5) is 0. The fraction of sp³-hybridized carbons (Fsp3) is 0.600. The minimum atomic E-state index is -4.67. The van der Waals surface area contributed by atoms with Crippen molar-refractivity contribution in [2.45, 2.75) is 58.3 Å². The third kappa shape index (κ3) is 18.9. The Labute approximate surface area is 133 Å². The first-order valence-electron chi connectivity index (χ1n) is 7.30. The molecule has 1 aromatic carbocycles. The maximum Gasteiger partial charge on any atom is 0.394 e. The number of benzene rings is 1. The lowest BCUT2D eigenvalue weighted by Gasteiger charge is -2.02. The van der Waals surface area contributed by atoms with Gasteiger partial charge in [0.25, 0.3) is 0 Å². The monoisotopic (exact) mass is 335 g/mol. The van der Waals surface area contributed by atoms with Crippen molar-refractivity contribution in [2.24, 2.45) is 0 Å². The van der Waals surface area contributed by atoms with Gasteiger partial charge < -0.3 is 11.3 Å². The molecule has 0 aliphatic carbocycles. The molecule has 0 aliphatic rings. The maximum atomic E-state index is 9.15. The van der Waals surface area contributed by atoms with Gasteiger partial charge in [-0.25, -0.2) is 0 Å². The topological polar surface area (TPSA) is 130 Å². The van der Waals surface area contributed by atoms with Crippen LogP contribution in [0.1, 0.15) is 57.4 Å². The van der Waals surface area contributed by atoms with Gasteiger partial charge in [0.1, 0.15) is 5.75 Å². The molecule has 0 amide bonds. The quantitative estimate of drug-likeness (QED) is 0.416. The van der Waals surface area contributed by atoms with Gasteiger partial charge in [-0.3, -0.25) is 9.11 Å². The standard InChI is InChI=1S/C15H24O.H3N.H2O4S/c1-2-3-4-5-6-7-8-9-14-10-12-15(16)13-11-14;;1-5(2,3)4/h10-13,16H,2-9H2,1H3;1H3;(H2,1,2,3,4). The molecule has 0 bridgehead atoms. The Bertz CT molecular complexity index is 451. The van der Waals surface area contributed by atoms with E-state index >= 15 is 0 Å². The van der Waals surface area contributed by atoms with Gasteiger partial charge in [0.15, 0.2) is 0 Å². The van der Waals surface area contributed by atoms with E-state index in [0.717, 1.165) is 6.42 Å². The van der Waals surface area contributed by atoms with Crippen LogP contribution in [0.15, 0.2) is 24.3 Å². The van der Waals surface area contributed by atoms with Crippen LogP contribution in [0.25, 0.3) is 0 Å². The summed E-state index contributed by atoms with van der Waals surface area (Å²) in [5.41, 5.74) is 1.34. The van der Waals surface area contributed by atoms with Crippen molar-refractivity contribution in [1.82, 2.24) is 6.15 Å². The largest absolute Gasteiger partial charge is 0.508 e. The summed E-state index contributed by atoms with van der Waals surface area (Å²) in [7, 11) is -4.67. The van der Waals surface area contributed by atoms with Gasteiger partial charge >= 0.3 is 10.4 Å². The number of unbranched alkanes of at least 4 members (excludes halogenated alkanes) is 6.